The second-order valence-corrected chi connectivity index (χ2v) is 6.48. The summed E-state index contributed by atoms with van der Waals surface area (Å²) in [5, 5.41) is 3.30. The van der Waals surface area contributed by atoms with Gasteiger partial charge in [0.15, 0.2) is 5.96 Å². The van der Waals surface area contributed by atoms with E-state index < -0.39 is 5.97 Å². The highest BCUT2D eigenvalue weighted by atomic mass is 16.5. The number of methoxy groups -OCH3 is 3. The third kappa shape index (κ3) is 5.37. The molecule has 1 aromatic carbocycles. The van der Waals surface area contributed by atoms with Crippen molar-refractivity contribution in [1.82, 2.24) is 10.2 Å². The first kappa shape index (κ1) is 21.5. The molecule has 2 rings (SSSR count). The van der Waals surface area contributed by atoms with Crippen molar-refractivity contribution in [2.24, 2.45) is 10.9 Å². The molecule has 1 saturated heterocycles. The summed E-state index contributed by atoms with van der Waals surface area (Å²) in [4.78, 5) is 30.5. The summed E-state index contributed by atoms with van der Waals surface area (Å²) < 4.78 is 14.9. The third-order valence-electron chi connectivity index (χ3n) is 4.74. The standard InChI is InChI=1S/C20H29N3O5/c1-5-21-20(23-10-8-15(9-11-23)18(24)27-3)22-13-14-6-7-17(26-2)16(12-14)19(25)28-4/h6-7,12,15H,5,8-11,13H2,1-4H3,(H,21,22). The lowest BCUT2D eigenvalue weighted by molar-refractivity contribution is -0.146. The summed E-state index contributed by atoms with van der Waals surface area (Å²) in [5.74, 6) is 0.626. The molecule has 28 heavy (non-hydrogen) atoms. The monoisotopic (exact) mass is 391 g/mol. The summed E-state index contributed by atoms with van der Waals surface area (Å²) >= 11 is 0. The number of carbonyl (C=O) groups is 2. The second kappa shape index (κ2) is 10.5. The van der Waals surface area contributed by atoms with Crippen LogP contribution in [-0.2, 0) is 20.8 Å². The van der Waals surface area contributed by atoms with E-state index in [1.54, 1.807) is 12.1 Å². The molecule has 1 aromatic rings. The first-order chi connectivity index (χ1) is 13.5. The molecule has 1 aliphatic heterocycles. The molecule has 0 bridgehead atoms. The number of ether oxygens (including phenoxy) is 3. The van der Waals surface area contributed by atoms with Gasteiger partial charge in [0.2, 0.25) is 0 Å². The molecule has 0 amide bonds. The van der Waals surface area contributed by atoms with E-state index in [0.717, 1.165) is 44.0 Å². The van der Waals surface area contributed by atoms with Crippen LogP contribution in [0.5, 0.6) is 5.75 Å². The zero-order chi connectivity index (χ0) is 20.5. The fraction of sp³-hybridized carbons (Fsp3) is 0.550. The molecule has 0 atom stereocenters. The summed E-state index contributed by atoms with van der Waals surface area (Å²) in [6.45, 7) is 4.64. The largest absolute Gasteiger partial charge is 0.496 e. The molecular weight excluding hydrogens is 362 g/mol. The number of hydrogen-bond donors (Lipinski definition) is 1. The van der Waals surface area contributed by atoms with Crippen molar-refractivity contribution in [3.63, 3.8) is 0 Å². The minimum Gasteiger partial charge on any atom is -0.496 e. The van der Waals surface area contributed by atoms with Gasteiger partial charge in [-0.2, -0.15) is 0 Å². The van der Waals surface area contributed by atoms with Gasteiger partial charge in [-0.3, -0.25) is 4.79 Å². The Morgan fingerprint density at radius 3 is 2.46 bits per heavy atom. The number of benzene rings is 1. The van der Waals surface area contributed by atoms with E-state index in [4.69, 9.17) is 19.2 Å². The van der Waals surface area contributed by atoms with Gasteiger partial charge in [-0.1, -0.05) is 6.07 Å². The Hall–Kier alpha value is -2.77. The van der Waals surface area contributed by atoms with Gasteiger partial charge < -0.3 is 24.4 Å². The topological polar surface area (TPSA) is 89.5 Å². The first-order valence-corrected chi connectivity index (χ1v) is 9.40. The number of carbonyl (C=O) groups excluding carboxylic acids is 2. The van der Waals surface area contributed by atoms with E-state index in [1.807, 2.05) is 13.0 Å². The number of nitrogens with zero attached hydrogens (tertiary/aromatic N) is 2. The van der Waals surface area contributed by atoms with Crippen LogP contribution in [0.4, 0.5) is 0 Å². The van der Waals surface area contributed by atoms with E-state index in [1.165, 1.54) is 21.3 Å². The molecular formula is C20H29N3O5. The van der Waals surface area contributed by atoms with Gasteiger partial charge in [0, 0.05) is 19.6 Å². The van der Waals surface area contributed by atoms with Crippen molar-refractivity contribution < 1.29 is 23.8 Å². The SMILES string of the molecule is CCNC(=NCc1ccc(OC)c(C(=O)OC)c1)N1CCC(C(=O)OC)CC1. The quantitative estimate of drug-likeness (QED) is 0.449. The highest BCUT2D eigenvalue weighted by Crippen LogP contribution is 2.22. The minimum atomic E-state index is -0.445. The minimum absolute atomic E-state index is 0.0478. The molecule has 0 unspecified atom stereocenters. The van der Waals surface area contributed by atoms with E-state index in [-0.39, 0.29) is 11.9 Å². The number of likely N-dealkylation sites (tertiary alicyclic amines) is 1. The van der Waals surface area contributed by atoms with Crippen LogP contribution in [0.1, 0.15) is 35.7 Å². The zero-order valence-electron chi connectivity index (χ0n) is 17.0. The van der Waals surface area contributed by atoms with Crippen molar-refractivity contribution >= 4 is 17.9 Å². The summed E-state index contributed by atoms with van der Waals surface area (Å²) in [5.41, 5.74) is 1.25. The van der Waals surface area contributed by atoms with Crippen LogP contribution in [0.2, 0.25) is 0 Å². The summed E-state index contributed by atoms with van der Waals surface area (Å²) in [6, 6.07) is 5.36. The zero-order valence-corrected chi connectivity index (χ0v) is 17.0. The van der Waals surface area contributed by atoms with Gasteiger partial charge in [-0.05, 0) is 37.5 Å². The molecule has 154 valence electrons. The Morgan fingerprint density at radius 1 is 1.18 bits per heavy atom. The highest BCUT2D eigenvalue weighted by molar-refractivity contribution is 5.92. The predicted octanol–water partition coefficient (Wildman–Crippen LogP) is 1.83. The predicted molar refractivity (Wildman–Crippen MR) is 105 cm³/mol. The summed E-state index contributed by atoms with van der Waals surface area (Å²) in [6.07, 6.45) is 1.48. The van der Waals surface area contributed by atoms with Gasteiger partial charge in [-0.15, -0.1) is 0 Å². The van der Waals surface area contributed by atoms with Gasteiger partial charge in [0.25, 0.3) is 0 Å². The lowest BCUT2D eigenvalue weighted by Crippen LogP contribution is -2.46. The van der Waals surface area contributed by atoms with E-state index in [0.29, 0.717) is 17.9 Å². The molecule has 0 radical (unpaired) electrons. The van der Waals surface area contributed by atoms with Crippen molar-refractivity contribution in [3.8, 4) is 5.75 Å². The van der Waals surface area contributed by atoms with E-state index in [2.05, 4.69) is 10.2 Å². The van der Waals surface area contributed by atoms with Crippen LogP contribution in [0.25, 0.3) is 0 Å². The number of hydrogen-bond acceptors (Lipinski definition) is 6. The van der Waals surface area contributed by atoms with Crippen LogP contribution < -0.4 is 10.1 Å². The van der Waals surface area contributed by atoms with E-state index >= 15 is 0 Å². The van der Waals surface area contributed by atoms with Gasteiger partial charge in [0.1, 0.15) is 11.3 Å². The number of piperidine rings is 1. The first-order valence-electron chi connectivity index (χ1n) is 9.40. The molecule has 0 aliphatic carbocycles. The molecule has 8 heteroatoms. The van der Waals surface area contributed by atoms with Crippen LogP contribution in [0.15, 0.2) is 23.2 Å². The molecule has 0 spiro atoms. The lowest BCUT2D eigenvalue weighted by Gasteiger charge is -2.33. The van der Waals surface area contributed by atoms with Gasteiger partial charge in [-0.25, -0.2) is 9.79 Å². The Labute approximate surface area is 165 Å². The van der Waals surface area contributed by atoms with Crippen molar-refractivity contribution in [1.29, 1.82) is 0 Å². The second-order valence-electron chi connectivity index (χ2n) is 6.48. The van der Waals surface area contributed by atoms with Crippen LogP contribution in [0, 0.1) is 5.92 Å². The number of esters is 2. The number of nitrogens with one attached hydrogen (secondary N) is 1. The fourth-order valence-corrected chi connectivity index (χ4v) is 3.21. The van der Waals surface area contributed by atoms with Gasteiger partial charge in [0.05, 0.1) is 33.8 Å². The number of rotatable bonds is 6. The number of guanidine groups is 1. The fourth-order valence-electron chi connectivity index (χ4n) is 3.21. The van der Waals surface area contributed by atoms with Crippen LogP contribution in [-0.4, -0.2) is 63.8 Å². The molecule has 1 N–H and O–H groups in total. The Morgan fingerprint density at radius 2 is 1.89 bits per heavy atom. The van der Waals surface area contributed by atoms with Crippen molar-refractivity contribution in [2.45, 2.75) is 26.3 Å². The maximum Gasteiger partial charge on any atom is 0.341 e. The maximum atomic E-state index is 11.9. The Kier molecular flexibility index (Phi) is 8.10. The van der Waals surface area contributed by atoms with Crippen molar-refractivity contribution in [3.05, 3.63) is 29.3 Å². The molecule has 1 fully saturated rings. The average Bonchev–Trinajstić information content (AvgIpc) is 2.75. The lowest BCUT2D eigenvalue weighted by atomic mass is 9.97. The molecule has 1 aliphatic rings. The van der Waals surface area contributed by atoms with Crippen LogP contribution in [0.3, 0.4) is 0 Å². The average molecular weight is 391 g/mol. The Bertz CT molecular complexity index is 712. The van der Waals surface area contributed by atoms with Crippen LogP contribution >= 0.6 is 0 Å². The smallest absolute Gasteiger partial charge is 0.341 e. The van der Waals surface area contributed by atoms with E-state index in [9.17, 15) is 9.59 Å². The summed E-state index contributed by atoms with van der Waals surface area (Å²) in [7, 11) is 4.28. The normalized spacial score (nSPS) is 15.1. The molecule has 8 nitrogen and oxygen atoms in total. The molecule has 1 heterocycles. The van der Waals surface area contributed by atoms with Crippen molar-refractivity contribution in [2.75, 3.05) is 41.0 Å². The molecule has 0 aromatic heterocycles. The maximum absolute atomic E-state index is 11.9. The van der Waals surface area contributed by atoms with Gasteiger partial charge >= 0.3 is 11.9 Å². The number of aliphatic imine (C=N–C) groups is 1. The third-order valence-corrected chi connectivity index (χ3v) is 4.74. The molecule has 0 saturated carbocycles. The Balaban J connectivity index is 2.11. The highest BCUT2D eigenvalue weighted by Gasteiger charge is 2.27.